The van der Waals surface area contributed by atoms with Gasteiger partial charge in [0.15, 0.2) is 0 Å². The zero-order valence-corrected chi connectivity index (χ0v) is 8.15. The van der Waals surface area contributed by atoms with E-state index in [1.165, 1.54) is 5.57 Å². The zero-order valence-electron chi connectivity index (χ0n) is 7.39. The molecule has 0 rings (SSSR count). The van der Waals surface area contributed by atoms with Crippen molar-refractivity contribution in [3.05, 3.63) is 35.4 Å². The Morgan fingerprint density at radius 2 is 2.00 bits per heavy atom. The lowest BCUT2D eigenvalue weighted by Crippen LogP contribution is -1.80. The molecule has 0 aliphatic carbocycles. The Bertz CT molecular complexity index is 185. The van der Waals surface area contributed by atoms with Crippen molar-refractivity contribution < 1.29 is 0 Å². The van der Waals surface area contributed by atoms with E-state index in [0.717, 1.165) is 0 Å². The molecule has 1 heteroatoms. The fraction of sp³-hybridized carbons (Fsp3) is 0.400. The van der Waals surface area contributed by atoms with E-state index >= 15 is 0 Å². The molecule has 0 radical (unpaired) electrons. The van der Waals surface area contributed by atoms with Crippen molar-refractivity contribution in [2.24, 2.45) is 5.92 Å². The molecule has 0 heterocycles. The lowest BCUT2D eigenvalue weighted by Gasteiger charge is -1.97. The Balaban J connectivity index is 4.26. The molecule has 0 bridgehead atoms. The lowest BCUT2D eigenvalue weighted by molar-refractivity contribution is 0.825. The third-order valence-corrected chi connectivity index (χ3v) is 1.42. The van der Waals surface area contributed by atoms with E-state index in [9.17, 15) is 0 Å². The van der Waals surface area contributed by atoms with Crippen LogP contribution in [-0.4, -0.2) is 0 Å². The predicted octanol–water partition coefficient (Wildman–Crippen LogP) is 3.90. The molecule has 0 aromatic heterocycles. The zero-order chi connectivity index (χ0) is 8.85. The fourth-order valence-electron chi connectivity index (χ4n) is 0.850. The summed E-state index contributed by atoms with van der Waals surface area (Å²) in [5.74, 6) is 0.570. The molecule has 0 saturated carbocycles. The highest BCUT2D eigenvalue weighted by Crippen LogP contribution is 2.09. The van der Waals surface area contributed by atoms with Gasteiger partial charge in [0.25, 0.3) is 0 Å². The van der Waals surface area contributed by atoms with Gasteiger partial charge in [0.2, 0.25) is 0 Å². The molecule has 0 spiro atoms. The van der Waals surface area contributed by atoms with Crippen LogP contribution in [-0.2, 0) is 0 Å². The van der Waals surface area contributed by atoms with E-state index in [2.05, 4.69) is 26.5 Å². The second kappa shape index (κ2) is 5.20. The minimum atomic E-state index is 0.570. The maximum absolute atomic E-state index is 5.75. The van der Waals surface area contributed by atoms with E-state index in [4.69, 9.17) is 11.6 Å². The summed E-state index contributed by atoms with van der Waals surface area (Å²) < 4.78 is 0. The molecular formula is C10H15Cl. The van der Waals surface area contributed by atoms with Gasteiger partial charge in [-0.1, -0.05) is 49.8 Å². The molecule has 0 saturated heterocycles. The summed E-state index contributed by atoms with van der Waals surface area (Å²) in [6.45, 7) is 9.88. The molecule has 0 amide bonds. The molecular weight excluding hydrogens is 156 g/mol. The van der Waals surface area contributed by atoms with Gasteiger partial charge in [-0.05, 0) is 18.9 Å². The number of hydrogen-bond acceptors (Lipinski definition) is 0. The summed E-state index contributed by atoms with van der Waals surface area (Å²) in [4.78, 5) is 0. The van der Waals surface area contributed by atoms with Gasteiger partial charge in [0.05, 0.1) is 0 Å². The van der Waals surface area contributed by atoms with Gasteiger partial charge in [0.1, 0.15) is 0 Å². The van der Waals surface area contributed by atoms with Crippen molar-refractivity contribution in [2.45, 2.75) is 20.8 Å². The van der Waals surface area contributed by atoms with Gasteiger partial charge in [-0.3, -0.25) is 0 Å². The van der Waals surface area contributed by atoms with Gasteiger partial charge >= 0.3 is 0 Å². The average molecular weight is 171 g/mol. The van der Waals surface area contributed by atoms with Gasteiger partial charge in [-0.2, -0.15) is 0 Å². The minimum absolute atomic E-state index is 0.570. The maximum Gasteiger partial charge on any atom is 0.0402 e. The van der Waals surface area contributed by atoms with E-state index in [-0.39, 0.29) is 0 Å². The number of hydrogen-bond donors (Lipinski definition) is 0. The SMILES string of the molecule is C=C/C(Cl)=C\C(C)=C/C(C)C. The topological polar surface area (TPSA) is 0 Å². The highest BCUT2D eigenvalue weighted by molar-refractivity contribution is 6.31. The quantitative estimate of drug-likeness (QED) is 0.564. The standard InChI is InChI=1S/C10H15Cl/c1-5-10(11)7-9(4)6-8(2)3/h5-8H,1H2,2-4H3/b9-6-,10-7+. The summed E-state index contributed by atoms with van der Waals surface area (Å²) in [6.07, 6.45) is 5.71. The van der Waals surface area contributed by atoms with Crippen LogP contribution in [0.15, 0.2) is 35.4 Å². The van der Waals surface area contributed by atoms with Crippen molar-refractivity contribution in [2.75, 3.05) is 0 Å². The summed E-state index contributed by atoms with van der Waals surface area (Å²) in [7, 11) is 0. The van der Waals surface area contributed by atoms with Crippen molar-refractivity contribution in [3.63, 3.8) is 0 Å². The lowest BCUT2D eigenvalue weighted by atomic mass is 10.1. The highest BCUT2D eigenvalue weighted by atomic mass is 35.5. The Labute approximate surface area is 74.3 Å². The molecule has 0 aliphatic rings. The van der Waals surface area contributed by atoms with Crippen LogP contribution < -0.4 is 0 Å². The first-order valence-electron chi connectivity index (χ1n) is 3.74. The fourth-order valence-corrected chi connectivity index (χ4v) is 1.02. The second-order valence-corrected chi connectivity index (χ2v) is 3.32. The Hall–Kier alpha value is -0.490. The molecule has 0 N–H and O–H groups in total. The first-order chi connectivity index (χ1) is 5.06. The van der Waals surface area contributed by atoms with Crippen LogP contribution in [0.4, 0.5) is 0 Å². The third-order valence-electron chi connectivity index (χ3n) is 1.16. The Morgan fingerprint density at radius 1 is 1.45 bits per heavy atom. The van der Waals surface area contributed by atoms with Gasteiger partial charge in [0, 0.05) is 5.03 Å². The van der Waals surface area contributed by atoms with Gasteiger partial charge in [-0.25, -0.2) is 0 Å². The van der Waals surface area contributed by atoms with E-state index in [1.54, 1.807) is 6.08 Å². The van der Waals surface area contributed by atoms with E-state index < -0.39 is 0 Å². The normalized spacial score (nSPS) is 13.9. The van der Waals surface area contributed by atoms with Crippen LogP contribution in [0.25, 0.3) is 0 Å². The molecule has 0 fully saturated rings. The summed E-state index contributed by atoms with van der Waals surface area (Å²) >= 11 is 5.75. The third kappa shape index (κ3) is 5.93. The molecule has 0 unspecified atom stereocenters. The first-order valence-corrected chi connectivity index (χ1v) is 4.12. The van der Waals surface area contributed by atoms with Crippen LogP contribution in [0.3, 0.4) is 0 Å². The van der Waals surface area contributed by atoms with Crippen LogP contribution in [0.5, 0.6) is 0 Å². The largest absolute Gasteiger partial charge is 0.0976 e. The first kappa shape index (κ1) is 10.5. The van der Waals surface area contributed by atoms with Crippen LogP contribution in [0, 0.1) is 5.92 Å². The maximum atomic E-state index is 5.75. The Morgan fingerprint density at radius 3 is 2.36 bits per heavy atom. The number of halogens is 1. The summed E-state index contributed by atoms with van der Waals surface area (Å²) in [5, 5.41) is 0.694. The highest BCUT2D eigenvalue weighted by Gasteiger charge is 1.89. The monoisotopic (exact) mass is 170 g/mol. The summed E-state index contributed by atoms with van der Waals surface area (Å²) in [5.41, 5.74) is 1.19. The Kier molecular flexibility index (Phi) is 4.97. The second-order valence-electron chi connectivity index (χ2n) is 2.89. The molecule has 11 heavy (non-hydrogen) atoms. The molecule has 0 atom stereocenters. The average Bonchev–Trinajstić information content (AvgIpc) is 1.85. The van der Waals surface area contributed by atoms with Crippen LogP contribution >= 0.6 is 11.6 Å². The molecule has 0 aromatic rings. The van der Waals surface area contributed by atoms with E-state index in [0.29, 0.717) is 11.0 Å². The van der Waals surface area contributed by atoms with Crippen molar-refractivity contribution in [1.82, 2.24) is 0 Å². The van der Waals surface area contributed by atoms with Crippen molar-refractivity contribution in [1.29, 1.82) is 0 Å². The predicted molar refractivity (Wildman–Crippen MR) is 52.7 cm³/mol. The molecule has 62 valence electrons. The molecule has 0 aliphatic heterocycles. The van der Waals surface area contributed by atoms with Gasteiger partial charge in [-0.15, -0.1) is 0 Å². The van der Waals surface area contributed by atoms with Crippen LogP contribution in [0.2, 0.25) is 0 Å². The smallest absolute Gasteiger partial charge is 0.0402 e. The molecule has 0 aromatic carbocycles. The number of rotatable bonds is 3. The van der Waals surface area contributed by atoms with Crippen molar-refractivity contribution >= 4 is 11.6 Å². The van der Waals surface area contributed by atoms with Crippen molar-refractivity contribution in [3.8, 4) is 0 Å². The molecule has 0 nitrogen and oxygen atoms in total. The van der Waals surface area contributed by atoms with E-state index in [1.807, 2.05) is 13.0 Å². The summed E-state index contributed by atoms with van der Waals surface area (Å²) in [6, 6.07) is 0. The van der Waals surface area contributed by atoms with Crippen LogP contribution in [0.1, 0.15) is 20.8 Å². The van der Waals surface area contributed by atoms with Gasteiger partial charge < -0.3 is 0 Å². The minimum Gasteiger partial charge on any atom is -0.0976 e. The number of allylic oxidation sites excluding steroid dienone is 5.